The van der Waals surface area contributed by atoms with Crippen LogP contribution in [0.5, 0.6) is 0 Å². The fourth-order valence-corrected chi connectivity index (χ4v) is 4.17. The Kier molecular flexibility index (Phi) is 6.45. The Hall–Kier alpha value is -4.39. The lowest BCUT2D eigenvalue weighted by molar-refractivity contribution is 0.0680. The summed E-state index contributed by atoms with van der Waals surface area (Å²) < 4.78 is 2.77. The Labute approximate surface area is 196 Å². The molecule has 0 bridgehead atoms. The summed E-state index contributed by atoms with van der Waals surface area (Å²) in [5.41, 5.74) is 2.91. The van der Waals surface area contributed by atoms with Crippen molar-refractivity contribution in [3.05, 3.63) is 112 Å². The monoisotopic (exact) mass is 456 g/mol. The van der Waals surface area contributed by atoms with Gasteiger partial charge in [0.05, 0.1) is 23.5 Å². The maximum absolute atomic E-state index is 13.4. The lowest BCUT2D eigenvalue weighted by atomic mass is 9.99. The molecular formula is C27H24N2O5. The van der Waals surface area contributed by atoms with E-state index in [1.807, 2.05) is 37.3 Å². The summed E-state index contributed by atoms with van der Waals surface area (Å²) in [6.07, 6.45) is 1.13. The topological polar surface area (TPSA) is 102 Å². The molecule has 0 unspecified atom stereocenters. The van der Waals surface area contributed by atoms with Crippen LogP contribution in [0.2, 0.25) is 0 Å². The fourth-order valence-electron chi connectivity index (χ4n) is 4.17. The molecule has 0 aliphatic heterocycles. The molecule has 7 heteroatoms. The van der Waals surface area contributed by atoms with Gasteiger partial charge in [0.25, 0.3) is 0 Å². The molecule has 7 nitrogen and oxygen atoms in total. The van der Waals surface area contributed by atoms with Crippen LogP contribution in [0, 0.1) is 0 Å². The smallest absolute Gasteiger partial charge is 0.354 e. The first-order chi connectivity index (χ1) is 16.4. The molecule has 0 aliphatic carbocycles. The van der Waals surface area contributed by atoms with Crippen molar-refractivity contribution in [1.82, 2.24) is 9.13 Å². The summed E-state index contributed by atoms with van der Waals surface area (Å²) in [4.78, 5) is 37.1. The van der Waals surface area contributed by atoms with Gasteiger partial charge in [0, 0.05) is 0 Å². The molecule has 0 saturated carbocycles. The molecule has 0 atom stereocenters. The van der Waals surface area contributed by atoms with Crippen molar-refractivity contribution in [2.75, 3.05) is 0 Å². The van der Waals surface area contributed by atoms with E-state index in [1.165, 1.54) is 9.13 Å². The number of benzene rings is 3. The van der Waals surface area contributed by atoms with Crippen LogP contribution in [0.25, 0.3) is 16.8 Å². The normalized spacial score (nSPS) is 10.9. The minimum absolute atomic E-state index is 0.0231. The molecule has 0 amide bonds. The number of nitrogens with zero attached hydrogens (tertiary/aromatic N) is 2. The number of aromatic nitrogens is 2. The largest absolute Gasteiger partial charge is 0.478 e. The maximum Gasteiger partial charge on any atom is 0.354 e. The highest BCUT2D eigenvalue weighted by Gasteiger charge is 2.25. The summed E-state index contributed by atoms with van der Waals surface area (Å²) in [6, 6.07) is 22.8. The molecule has 0 spiro atoms. The van der Waals surface area contributed by atoms with E-state index in [2.05, 4.69) is 0 Å². The third-order valence-electron chi connectivity index (χ3n) is 5.71. The number of carboxylic acid groups (broad SMARTS) is 2. The quantitative estimate of drug-likeness (QED) is 0.400. The average Bonchev–Trinajstić information content (AvgIpc) is 3.12. The first kappa shape index (κ1) is 22.8. The zero-order chi connectivity index (χ0) is 24.2. The van der Waals surface area contributed by atoms with Gasteiger partial charge in [0.1, 0.15) is 0 Å². The van der Waals surface area contributed by atoms with Gasteiger partial charge in [-0.15, -0.1) is 0 Å². The second-order valence-electron chi connectivity index (χ2n) is 7.94. The number of aromatic carboxylic acids is 2. The molecule has 2 N–H and O–H groups in total. The first-order valence-electron chi connectivity index (χ1n) is 11.0. The molecular weight excluding hydrogens is 432 g/mol. The van der Waals surface area contributed by atoms with E-state index < -0.39 is 17.6 Å². The third kappa shape index (κ3) is 4.28. The van der Waals surface area contributed by atoms with Gasteiger partial charge in [-0.05, 0) is 41.3 Å². The minimum Gasteiger partial charge on any atom is -0.478 e. The van der Waals surface area contributed by atoms with Gasteiger partial charge >= 0.3 is 17.6 Å². The number of para-hydroxylation sites is 1. The van der Waals surface area contributed by atoms with Gasteiger partial charge in [0.15, 0.2) is 5.69 Å². The fraction of sp³-hybridized carbons (Fsp3) is 0.148. The van der Waals surface area contributed by atoms with E-state index in [0.29, 0.717) is 29.8 Å². The third-order valence-corrected chi connectivity index (χ3v) is 5.71. The SMILES string of the molecule is CCCc1c(C(=O)O)n(-c2ccccc2)c(=O)n1Cc1ccc(-c2ccccc2C(=O)O)cc1. The molecule has 0 fully saturated rings. The van der Waals surface area contributed by atoms with Crippen LogP contribution in [0.15, 0.2) is 83.7 Å². The van der Waals surface area contributed by atoms with Crippen molar-refractivity contribution in [1.29, 1.82) is 0 Å². The Morgan fingerprint density at radius 1 is 0.824 bits per heavy atom. The Bertz CT molecular complexity index is 1400. The summed E-state index contributed by atoms with van der Waals surface area (Å²) in [6.45, 7) is 2.14. The summed E-state index contributed by atoms with van der Waals surface area (Å²) in [7, 11) is 0. The molecule has 0 saturated heterocycles. The summed E-state index contributed by atoms with van der Waals surface area (Å²) >= 11 is 0. The highest BCUT2D eigenvalue weighted by Crippen LogP contribution is 2.25. The molecule has 1 aromatic heterocycles. The summed E-state index contributed by atoms with van der Waals surface area (Å²) in [5, 5.41) is 19.4. The number of carbonyl (C=O) groups is 2. The standard InChI is InChI=1S/C27H24N2O5/c1-2-8-23-24(26(32)33)29(20-9-4-3-5-10-20)27(34)28(23)17-18-13-15-19(16-14-18)21-11-6-7-12-22(21)25(30)31/h3-7,9-16H,2,8,17H2,1H3,(H,30,31)(H,32,33). The van der Waals surface area contributed by atoms with Gasteiger partial charge in [0.2, 0.25) is 0 Å². The second-order valence-corrected chi connectivity index (χ2v) is 7.94. The van der Waals surface area contributed by atoms with Gasteiger partial charge in [-0.25, -0.2) is 14.4 Å². The first-order valence-corrected chi connectivity index (χ1v) is 11.0. The molecule has 4 rings (SSSR count). The van der Waals surface area contributed by atoms with E-state index in [-0.39, 0.29) is 17.8 Å². The zero-order valence-corrected chi connectivity index (χ0v) is 18.6. The van der Waals surface area contributed by atoms with Gasteiger partial charge in [-0.2, -0.15) is 0 Å². The van der Waals surface area contributed by atoms with Gasteiger partial charge in [-0.1, -0.05) is 74.0 Å². The number of carboxylic acids is 2. The van der Waals surface area contributed by atoms with Gasteiger partial charge in [-0.3, -0.25) is 9.13 Å². The van der Waals surface area contributed by atoms with E-state index in [1.54, 1.807) is 48.5 Å². The number of imidazole rings is 1. The number of hydrogen-bond donors (Lipinski definition) is 2. The Morgan fingerprint density at radius 2 is 1.47 bits per heavy atom. The molecule has 4 aromatic rings. The highest BCUT2D eigenvalue weighted by molar-refractivity contribution is 5.96. The van der Waals surface area contributed by atoms with Crippen molar-refractivity contribution < 1.29 is 19.8 Å². The van der Waals surface area contributed by atoms with Crippen LogP contribution in [0.1, 0.15) is 45.4 Å². The molecule has 3 aromatic carbocycles. The zero-order valence-electron chi connectivity index (χ0n) is 18.6. The van der Waals surface area contributed by atoms with Crippen LogP contribution in [0.4, 0.5) is 0 Å². The Morgan fingerprint density at radius 3 is 2.09 bits per heavy atom. The van der Waals surface area contributed by atoms with Crippen LogP contribution in [0.3, 0.4) is 0 Å². The van der Waals surface area contributed by atoms with Crippen LogP contribution in [-0.2, 0) is 13.0 Å². The number of rotatable bonds is 8. The van der Waals surface area contributed by atoms with E-state index in [0.717, 1.165) is 11.1 Å². The molecule has 1 heterocycles. The molecule has 34 heavy (non-hydrogen) atoms. The van der Waals surface area contributed by atoms with Crippen molar-refractivity contribution in [2.24, 2.45) is 0 Å². The lowest BCUT2D eigenvalue weighted by Gasteiger charge is -2.10. The molecule has 0 radical (unpaired) electrons. The van der Waals surface area contributed by atoms with Crippen molar-refractivity contribution >= 4 is 11.9 Å². The van der Waals surface area contributed by atoms with Crippen molar-refractivity contribution in [3.8, 4) is 16.8 Å². The Balaban J connectivity index is 1.77. The van der Waals surface area contributed by atoms with Crippen LogP contribution >= 0.6 is 0 Å². The van der Waals surface area contributed by atoms with E-state index in [9.17, 15) is 24.6 Å². The predicted molar refractivity (Wildman–Crippen MR) is 129 cm³/mol. The second kappa shape index (κ2) is 9.62. The maximum atomic E-state index is 13.4. The molecule has 0 aliphatic rings. The predicted octanol–water partition coefficient (Wildman–Crippen LogP) is 4.70. The van der Waals surface area contributed by atoms with E-state index in [4.69, 9.17) is 0 Å². The van der Waals surface area contributed by atoms with E-state index >= 15 is 0 Å². The van der Waals surface area contributed by atoms with Crippen molar-refractivity contribution in [2.45, 2.75) is 26.3 Å². The number of hydrogen-bond acceptors (Lipinski definition) is 3. The average molecular weight is 456 g/mol. The van der Waals surface area contributed by atoms with Crippen molar-refractivity contribution in [3.63, 3.8) is 0 Å². The molecule has 172 valence electrons. The minimum atomic E-state index is -1.15. The summed E-state index contributed by atoms with van der Waals surface area (Å²) in [5.74, 6) is -2.15. The van der Waals surface area contributed by atoms with Crippen LogP contribution in [-0.4, -0.2) is 31.3 Å². The lowest BCUT2D eigenvalue weighted by Crippen LogP contribution is -2.25. The highest BCUT2D eigenvalue weighted by atomic mass is 16.4. The van der Waals surface area contributed by atoms with Gasteiger partial charge < -0.3 is 10.2 Å². The van der Waals surface area contributed by atoms with Crippen LogP contribution < -0.4 is 5.69 Å².